The molecule has 2 fully saturated rings. The molecule has 3 atom stereocenters. The first kappa shape index (κ1) is 11.7. The van der Waals surface area contributed by atoms with Crippen molar-refractivity contribution in [1.82, 2.24) is 4.72 Å². The van der Waals surface area contributed by atoms with Crippen LogP contribution in [0.25, 0.3) is 0 Å². The summed E-state index contributed by atoms with van der Waals surface area (Å²) in [6.45, 7) is 0. The lowest BCUT2D eigenvalue weighted by Crippen LogP contribution is -2.39. The van der Waals surface area contributed by atoms with Gasteiger partial charge in [0, 0.05) is 11.9 Å². The summed E-state index contributed by atoms with van der Waals surface area (Å²) in [6, 6.07) is 0.212. The number of fused-ring (bicyclic) bond motifs is 2. The number of hydrogen-bond donors (Lipinski definition) is 1. The molecule has 5 heteroatoms. The second-order valence-electron chi connectivity index (χ2n) is 4.76. The summed E-state index contributed by atoms with van der Waals surface area (Å²) in [5.41, 5.74) is 0. The molecule has 15 heavy (non-hydrogen) atoms. The molecular weight excluding hydrogens is 234 g/mol. The standard InChI is InChI=1S/C10H18ClNO2S/c11-4-1-5-15(13,14)12-10-7-8-2-3-9(10)6-8/h8-10,12H,1-7H2. The summed E-state index contributed by atoms with van der Waals surface area (Å²) in [6.07, 6.45) is 5.31. The van der Waals surface area contributed by atoms with E-state index >= 15 is 0 Å². The van der Waals surface area contributed by atoms with Gasteiger partial charge in [0.1, 0.15) is 0 Å². The molecule has 2 aliphatic rings. The Kier molecular flexibility index (Phi) is 3.58. The van der Waals surface area contributed by atoms with Crippen molar-refractivity contribution in [2.24, 2.45) is 11.8 Å². The Balaban J connectivity index is 1.86. The van der Waals surface area contributed by atoms with Gasteiger partial charge in [0.25, 0.3) is 0 Å². The van der Waals surface area contributed by atoms with Gasteiger partial charge in [-0.2, -0.15) is 0 Å². The molecule has 0 saturated heterocycles. The van der Waals surface area contributed by atoms with Gasteiger partial charge in [-0.15, -0.1) is 11.6 Å². The zero-order valence-electron chi connectivity index (χ0n) is 8.78. The van der Waals surface area contributed by atoms with E-state index in [2.05, 4.69) is 4.72 Å². The van der Waals surface area contributed by atoms with E-state index in [1.807, 2.05) is 0 Å². The molecule has 2 saturated carbocycles. The number of halogens is 1. The van der Waals surface area contributed by atoms with Crippen molar-refractivity contribution in [1.29, 1.82) is 0 Å². The van der Waals surface area contributed by atoms with Crippen LogP contribution < -0.4 is 4.72 Å². The van der Waals surface area contributed by atoms with Gasteiger partial charge >= 0.3 is 0 Å². The molecule has 0 aromatic carbocycles. The van der Waals surface area contributed by atoms with Gasteiger partial charge in [-0.3, -0.25) is 0 Å². The minimum absolute atomic E-state index is 0.171. The topological polar surface area (TPSA) is 46.2 Å². The van der Waals surface area contributed by atoms with Crippen LogP contribution in [0.5, 0.6) is 0 Å². The minimum atomic E-state index is -3.08. The number of hydrogen-bond acceptors (Lipinski definition) is 2. The SMILES string of the molecule is O=S(=O)(CCCCl)NC1CC2CCC1C2. The van der Waals surface area contributed by atoms with Crippen molar-refractivity contribution >= 4 is 21.6 Å². The van der Waals surface area contributed by atoms with Crippen LogP contribution in [0, 0.1) is 11.8 Å². The van der Waals surface area contributed by atoms with E-state index < -0.39 is 10.0 Å². The third-order valence-electron chi connectivity index (χ3n) is 3.62. The van der Waals surface area contributed by atoms with Crippen LogP contribution in [0.4, 0.5) is 0 Å². The van der Waals surface area contributed by atoms with Crippen molar-refractivity contribution in [3.8, 4) is 0 Å². The first-order valence-electron chi connectivity index (χ1n) is 5.66. The molecule has 0 heterocycles. The Morgan fingerprint density at radius 3 is 2.60 bits per heavy atom. The Hall–Kier alpha value is 0.200. The molecule has 3 nitrogen and oxygen atoms in total. The molecule has 0 aliphatic heterocycles. The highest BCUT2D eigenvalue weighted by atomic mass is 35.5. The second kappa shape index (κ2) is 4.60. The van der Waals surface area contributed by atoms with Crippen molar-refractivity contribution in [3.05, 3.63) is 0 Å². The van der Waals surface area contributed by atoms with Crippen LogP contribution in [-0.2, 0) is 10.0 Å². The van der Waals surface area contributed by atoms with E-state index in [1.165, 1.54) is 19.3 Å². The first-order valence-corrected chi connectivity index (χ1v) is 7.85. The van der Waals surface area contributed by atoms with E-state index in [9.17, 15) is 8.42 Å². The second-order valence-corrected chi connectivity index (χ2v) is 7.01. The van der Waals surface area contributed by atoms with E-state index in [0.29, 0.717) is 18.2 Å². The molecule has 0 aromatic rings. The maximum Gasteiger partial charge on any atom is 0.211 e. The van der Waals surface area contributed by atoms with Crippen LogP contribution in [-0.4, -0.2) is 26.1 Å². The molecule has 0 spiro atoms. The van der Waals surface area contributed by atoms with Crippen LogP contribution in [0.3, 0.4) is 0 Å². The van der Waals surface area contributed by atoms with Gasteiger partial charge < -0.3 is 0 Å². The van der Waals surface area contributed by atoms with E-state index in [-0.39, 0.29) is 11.8 Å². The quantitative estimate of drug-likeness (QED) is 0.757. The maximum absolute atomic E-state index is 11.7. The molecule has 0 radical (unpaired) electrons. The van der Waals surface area contributed by atoms with E-state index in [0.717, 1.165) is 12.3 Å². The Labute approximate surface area is 96.6 Å². The Morgan fingerprint density at radius 1 is 1.27 bits per heavy atom. The fraction of sp³-hybridized carbons (Fsp3) is 1.00. The predicted molar refractivity (Wildman–Crippen MR) is 61.5 cm³/mol. The third-order valence-corrected chi connectivity index (χ3v) is 5.37. The summed E-state index contributed by atoms with van der Waals surface area (Å²) in [5, 5.41) is 0. The van der Waals surface area contributed by atoms with Gasteiger partial charge in [0.05, 0.1) is 5.75 Å². The monoisotopic (exact) mass is 251 g/mol. The molecule has 0 aromatic heterocycles. The molecule has 0 amide bonds. The average Bonchev–Trinajstić information content (AvgIpc) is 2.75. The van der Waals surface area contributed by atoms with Gasteiger partial charge in [0.15, 0.2) is 0 Å². The molecule has 2 aliphatic carbocycles. The number of alkyl halides is 1. The average molecular weight is 252 g/mol. The lowest BCUT2D eigenvalue weighted by molar-refractivity contribution is 0.390. The molecule has 3 unspecified atom stereocenters. The zero-order chi connectivity index (χ0) is 10.9. The highest BCUT2D eigenvalue weighted by Gasteiger charge is 2.40. The smallest absolute Gasteiger partial charge is 0.211 e. The largest absolute Gasteiger partial charge is 0.212 e. The molecule has 2 bridgehead atoms. The fourth-order valence-electron chi connectivity index (χ4n) is 2.92. The summed E-state index contributed by atoms with van der Waals surface area (Å²) in [7, 11) is -3.08. The Morgan fingerprint density at radius 2 is 2.07 bits per heavy atom. The summed E-state index contributed by atoms with van der Waals surface area (Å²) < 4.78 is 26.1. The maximum atomic E-state index is 11.7. The van der Waals surface area contributed by atoms with Crippen LogP contribution in [0.2, 0.25) is 0 Å². The lowest BCUT2D eigenvalue weighted by Gasteiger charge is -2.22. The van der Waals surface area contributed by atoms with Gasteiger partial charge in [-0.1, -0.05) is 6.42 Å². The highest BCUT2D eigenvalue weighted by Crippen LogP contribution is 2.44. The van der Waals surface area contributed by atoms with E-state index in [1.54, 1.807) is 0 Å². The van der Waals surface area contributed by atoms with E-state index in [4.69, 9.17) is 11.6 Å². The van der Waals surface area contributed by atoms with Gasteiger partial charge in [0.2, 0.25) is 10.0 Å². The van der Waals surface area contributed by atoms with Crippen LogP contribution >= 0.6 is 11.6 Å². The third kappa shape index (κ3) is 2.86. The van der Waals surface area contributed by atoms with Crippen molar-refractivity contribution in [2.45, 2.75) is 38.1 Å². The van der Waals surface area contributed by atoms with Gasteiger partial charge in [-0.25, -0.2) is 13.1 Å². The van der Waals surface area contributed by atoms with Crippen molar-refractivity contribution < 1.29 is 8.42 Å². The summed E-state index contributed by atoms with van der Waals surface area (Å²) in [4.78, 5) is 0. The molecule has 88 valence electrons. The fourth-order valence-corrected chi connectivity index (χ4v) is 4.61. The van der Waals surface area contributed by atoms with Gasteiger partial charge in [-0.05, 0) is 37.5 Å². The molecule has 2 rings (SSSR count). The Bertz CT molecular complexity index is 317. The zero-order valence-corrected chi connectivity index (χ0v) is 10.4. The van der Waals surface area contributed by atoms with Crippen LogP contribution in [0.15, 0.2) is 0 Å². The molecule has 1 N–H and O–H groups in total. The lowest BCUT2D eigenvalue weighted by atomic mass is 9.96. The minimum Gasteiger partial charge on any atom is -0.212 e. The van der Waals surface area contributed by atoms with Crippen molar-refractivity contribution in [2.75, 3.05) is 11.6 Å². The predicted octanol–water partition coefficient (Wildman–Crippen LogP) is 1.72. The van der Waals surface area contributed by atoms with Crippen molar-refractivity contribution in [3.63, 3.8) is 0 Å². The first-order chi connectivity index (χ1) is 7.11. The highest BCUT2D eigenvalue weighted by molar-refractivity contribution is 7.89. The molecular formula is C10H18ClNO2S. The number of nitrogens with one attached hydrogen (secondary N) is 1. The normalized spacial score (nSPS) is 34.9. The van der Waals surface area contributed by atoms with Crippen LogP contribution in [0.1, 0.15) is 32.1 Å². The number of rotatable bonds is 5. The summed E-state index contributed by atoms with van der Waals surface area (Å²) >= 11 is 5.50. The summed E-state index contributed by atoms with van der Waals surface area (Å²) in [5.74, 6) is 1.96. The number of sulfonamides is 1.